The van der Waals surface area contributed by atoms with Crippen molar-refractivity contribution < 1.29 is 0 Å². The van der Waals surface area contributed by atoms with Gasteiger partial charge in [-0.3, -0.25) is 0 Å². The lowest BCUT2D eigenvalue weighted by Gasteiger charge is -2.31. The van der Waals surface area contributed by atoms with E-state index in [0.29, 0.717) is 0 Å². The van der Waals surface area contributed by atoms with Gasteiger partial charge in [-0.15, -0.1) is 0 Å². The third-order valence-corrected chi connectivity index (χ3v) is 3.27. The van der Waals surface area contributed by atoms with Crippen LogP contribution in [0.25, 0.3) is 0 Å². The van der Waals surface area contributed by atoms with Gasteiger partial charge >= 0.3 is 0 Å². The van der Waals surface area contributed by atoms with Crippen LogP contribution in [-0.2, 0) is 13.0 Å². The highest BCUT2D eigenvalue weighted by Gasteiger charge is 2.21. The van der Waals surface area contributed by atoms with Crippen molar-refractivity contribution in [3.05, 3.63) is 29.3 Å². The lowest BCUT2D eigenvalue weighted by atomic mass is 9.98. The van der Waals surface area contributed by atoms with Gasteiger partial charge in [0.05, 0.1) is 0 Å². The molecule has 1 N–H and O–H groups in total. The van der Waals surface area contributed by atoms with Gasteiger partial charge in [0.25, 0.3) is 0 Å². The summed E-state index contributed by atoms with van der Waals surface area (Å²) >= 11 is 0. The molecule has 2 aliphatic rings. The van der Waals surface area contributed by atoms with Gasteiger partial charge in [0.15, 0.2) is 0 Å². The monoisotopic (exact) mass is 188 g/mol. The number of benzene rings is 1. The average Bonchev–Trinajstić information content (AvgIpc) is 2.44. The molecular weight excluding hydrogens is 172 g/mol. The van der Waals surface area contributed by atoms with Crippen molar-refractivity contribution in [2.45, 2.75) is 19.4 Å². The highest BCUT2D eigenvalue weighted by atomic mass is 15.2. The van der Waals surface area contributed by atoms with E-state index in [1.807, 2.05) is 0 Å². The number of nitrogens with zero attached hydrogens (tertiary/aromatic N) is 1. The second kappa shape index (κ2) is 3.28. The van der Waals surface area contributed by atoms with Crippen LogP contribution in [0.2, 0.25) is 0 Å². The Labute approximate surface area is 84.9 Å². The fraction of sp³-hybridized carbons (Fsp3) is 0.500. The smallest absolute Gasteiger partial charge is 0.0444 e. The van der Waals surface area contributed by atoms with Gasteiger partial charge in [0, 0.05) is 31.9 Å². The van der Waals surface area contributed by atoms with E-state index in [1.165, 1.54) is 37.2 Å². The van der Waals surface area contributed by atoms with Gasteiger partial charge in [0.2, 0.25) is 0 Å². The Morgan fingerprint density at radius 2 is 2.07 bits per heavy atom. The van der Waals surface area contributed by atoms with Crippen molar-refractivity contribution in [2.24, 2.45) is 0 Å². The summed E-state index contributed by atoms with van der Waals surface area (Å²) in [6, 6.07) is 6.75. The van der Waals surface area contributed by atoms with Crippen molar-refractivity contribution in [1.29, 1.82) is 0 Å². The molecule has 2 nitrogen and oxygen atoms in total. The first-order valence-corrected chi connectivity index (χ1v) is 5.51. The van der Waals surface area contributed by atoms with Gasteiger partial charge in [-0.25, -0.2) is 0 Å². The fourth-order valence-electron chi connectivity index (χ4n) is 2.63. The quantitative estimate of drug-likeness (QED) is 0.664. The molecule has 3 rings (SSSR count). The molecule has 1 aromatic carbocycles. The Bertz CT molecular complexity index is 346. The average molecular weight is 188 g/mol. The van der Waals surface area contributed by atoms with Gasteiger partial charge < -0.3 is 10.2 Å². The zero-order valence-corrected chi connectivity index (χ0v) is 8.42. The van der Waals surface area contributed by atoms with E-state index >= 15 is 0 Å². The summed E-state index contributed by atoms with van der Waals surface area (Å²) in [7, 11) is 0. The fourth-order valence-corrected chi connectivity index (χ4v) is 2.63. The molecule has 2 heterocycles. The lowest BCUT2D eigenvalue weighted by molar-refractivity contribution is 0.661. The number of rotatable bonds is 0. The van der Waals surface area contributed by atoms with E-state index in [1.54, 1.807) is 5.56 Å². The second-order valence-corrected chi connectivity index (χ2v) is 4.19. The SMILES string of the molecule is c1cc2c3c(c1)CNCCN3CCC2. The van der Waals surface area contributed by atoms with E-state index in [4.69, 9.17) is 0 Å². The molecule has 2 heteroatoms. The Balaban J connectivity index is 2.14. The standard InChI is InChI=1S/C12H16N2/c1-3-10-5-2-7-14-8-6-13-9-11(4-1)12(10)14/h1,3-4,13H,2,5-9H2. The number of anilines is 1. The molecule has 0 amide bonds. The first-order chi connectivity index (χ1) is 6.95. The number of aryl methyl sites for hydroxylation is 1. The normalized spacial score (nSPS) is 20.1. The Morgan fingerprint density at radius 1 is 1.14 bits per heavy atom. The minimum atomic E-state index is 1.04. The molecule has 0 saturated carbocycles. The van der Waals surface area contributed by atoms with Crippen LogP contribution in [0.1, 0.15) is 17.5 Å². The highest BCUT2D eigenvalue weighted by molar-refractivity contribution is 5.61. The number of hydrogen-bond acceptors (Lipinski definition) is 2. The van der Waals surface area contributed by atoms with Gasteiger partial charge in [-0.2, -0.15) is 0 Å². The summed E-state index contributed by atoms with van der Waals surface area (Å²) in [6.07, 6.45) is 2.58. The minimum absolute atomic E-state index is 1.04. The predicted molar refractivity (Wildman–Crippen MR) is 58.7 cm³/mol. The van der Waals surface area contributed by atoms with Crippen LogP contribution in [0.15, 0.2) is 18.2 Å². The summed E-state index contributed by atoms with van der Waals surface area (Å²) in [4.78, 5) is 2.55. The minimum Gasteiger partial charge on any atom is -0.370 e. The molecule has 14 heavy (non-hydrogen) atoms. The van der Waals surface area contributed by atoms with Crippen LogP contribution >= 0.6 is 0 Å². The van der Waals surface area contributed by atoms with Gasteiger partial charge in [-0.05, 0) is 24.0 Å². The maximum absolute atomic E-state index is 3.48. The largest absolute Gasteiger partial charge is 0.370 e. The molecule has 2 aliphatic heterocycles. The summed E-state index contributed by atoms with van der Waals surface area (Å²) < 4.78 is 0. The van der Waals surface area contributed by atoms with E-state index in [9.17, 15) is 0 Å². The molecule has 0 bridgehead atoms. The summed E-state index contributed by atoms with van der Waals surface area (Å²) in [5.74, 6) is 0. The second-order valence-electron chi connectivity index (χ2n) is 4.19. The van der Waals surface area contributed by atoms with Crippen molar-refractivity contribution in [3.63, 3.8) is 0 Å². The van der Waals surface area contributed by atoms with E-state index < -0.39 is 0 Å². The Kier molecular flexibility index (Phi) is 1.95. The van der Waals surface area contributed by atoms with Crippen molar-refractivity contribution in [3.8, 4) is 0 Å². The van der Waals surface area contributed by atoms with Gasteiger partial charge in [-0.1, -0.05) is 18.2 Å². The van der Waals surface area contributed by atoms with E-state index in [2.05, 4.69) is 28.4 Å². The number of hydrogen-bond donors (Lipinski definition) is 1. The van der Waals surface area contributed by atoms with Crippen LogP contribution in [0.5, 0.6) is 0 Å². The molecular formula is C12H16N2. The van der Waals surface area contributed by atoms with Crippen LogP contribution < -0.4 is 10.2 Å². The van der Waals surface area contributed by atoms with Crippen molar-refractivity contribution >= 4 is 5.69 Å². The van der Waals surface area contributed by atoms with Crippen LogP contribution in [0.4, 0.5) is 5.69 Å². The predicted octanol–water partition coefficient (Wildman–Crippen LogP) is 1.54. The molecule has 1 aromatic rings. The Morgan fingerprint density at radius 3 is 3.07 bits per heavy atom. The van der Waals surface area contributed by atoms with Gasteiger partial charge in [0.1, 0.15) is 0 Å². The number of para-hydroxylation sites is 1. The van der Waals surface area contributed by atoms with E-state index in [0.717, 1.165) is 13.1 Å². The zero-order valence-electron chi connectivity index (χ0n) is 8.42. The summed E-state index contributed by atoms with van der Waals surface area (Å²) in [5.41, 5.74) is 4.57. The third kappa shape index (κ3) is 1.22. The zero-order chi connectivity index (χ0) is 9.38. The Hall–Kier alpha value is -1.02. The molecule has 74 valence electrons. The summed E-state index contributed by atoms with van der Waals surface area (Å²) in [6.45, 7) is 4.57. The topological polar surface area (TPSA) is 15.3 Å². The van der Waals surface area contributed by atoms with Crippen LogP contribution in [-0.4, -0.2) is 19.6 Å². The maximum Gasteiger partial charge on any atom is 0.0444 e. The molecule has 0 unspecified atom stereocenters. The van der Waals surface area contributed by atoms with E-state index in [-0.39, 0.29) is 0 Å². The highest BCUT2D eigenvalue weighted by Crippen LogP contribution is 2.31. The van der Waals surface area contributed by atoms with Crippen molar-refractivity contribution in [1.82, 2.24) is 5.32 Å². The van der Waals surface area contributed by atoms with Crippen LogP contribution in [0.3, 0.4) is 0 Å². The van der Waals surface area contributed by atoms with Crippen molar-refractivity contribution in [2.75, 3.05) is 24.5 Å². The third-order valence-electron chi connectivity index (χ3n) is 3.27. The molecule has 0 radical (unpaired) electrons. The number of nitrogens with one attached hydrogen (secondary N) is 1. The molecule has 0 fully saturated rings. The molecule has 0 atom stereocenters. The molecule has 0 spiro atoms. The lowest BCUT2D eigenvalue weighted by Crippen LogP contribution is -2.32. The molecule has 0 aromatic heterocycles. The molecule has 0 saturated heterocycles. The maximum atomic E-state index is 3.48. The first kappa shape index (κ1) is 8.30. The summed E-state index contributed by atoms with van der Waals surface area (Å²) in [5, 5.41) is 3.48. The van der Waals surface area contributed by atoms with Crippen LogP contribution in [0, 0.1) is 0 Å². The first-order valence-electron chi connectivity index (χ1n) is 5.51. The molecule has 0 aliphatic carbocycles.